The molecule has 0 atom stereocenters. The molecule has 0 unspecified atom stereocenters. The number of rotatable bonds is 32. The van der Waals surface area contributed by atoms with Crippen LogP contribution in [0.4, 0.5) is 0 Å². The van der Waals surface area contributed by atoms with Gasteiger partial charge in [-0.2, -0.15) is 0 Å². The Labute approximate surface area is 353 Å². The molecule has 0 aromatic heterocycles. The first-order valence-corrected chi connectivity index (χ1v) is 24.0. The molecule has 0 bridgehead atoms. The number of unbranched alkanes of at least 4 members (excludes halogenated alkanes) is 18. The van der Waals surface area contributed by atoms with Gasteiger partial charge in [0.05, 0.1) is 0 Å². The Morgan fingerprint density at radius 3 is 0.870 bits per heavy atom. The van der Waals surface area contributed by atoms with Gasteiger partial charge in [0.15, 0.2) is 0 Å². The maximum atomic E-state index is 10.2. The van der Waals surface area contributed by atoms with Crippen molar-refractivity contribution in [1.82, 2.24) is 0 Å². The molecule has 6 nitrogen and oxygen atoms in total. The van der Waals surface area contributed by atoms with E-state index in [1.165, 1.54) is 132 Å². The Hall–Kier alpha value is -1.20. The third-order valence-electron chi connectivity index (χ3n) is 9.90. The van der Waals surface area contributed by atoms with E-state index >= 15 is 0 Å². The third-order valence-corrected chi connectivity index (χ3v) is 12.9. The van der Waals surface area contributed by atoms with Gasteiger partial charge in [-0.15, -0.1) is 0 Å². The summed E-state index contributed by atoms with van der Waals surface area (Å²) in [5, 5.41) is 0. The van der Waals surface area contributed by atoms with Gasteiger partial charge in [-0.1, -0.05) is 40.0 Å². The normalized spacial score (nSPS) is 11.7. The number of aryl methyl sites for hydroxylation is 3. The van der Waals surface area contributed by atoms with E-state index in [1.807, 2.05) is 36.4 Å². The van der Waals surface area contributed by atoms with Gasteiger partial charge in [-0.3, -0.25) is 0 Å². The summed E-state index contributed by atoms with van der Waals surface area (Å²) in [5.41, 5.74) is 3.71. The Kier molecular flexibility index (Phi) is 28.0. The van der Waals surface area contributed by atoms with Crippen molar-refractivity contribution in [2.75, 3.05) is 0 Å². The van der Waals surface area contributed by atoms with Crippen LogP contribution in [-0.4, -0.2) is 39.3 Å². The zero-order chi connectivity index (χ0) is 37.8. The van der Waals surface area contributed by atoms with Gasteiger partial charge >= 0.3 is 316 Å². The van der Waals surface area contributed by atoms with Gasteiger partial charge in [-0.25, -0.2) is 0 Å². The minimum atomic E-state index is -4.25. The molecule has 0 amide bonds. The summed E-state index contributed by atoms with van der Waals surface area (Å²) in [6, 6.07) is 23.7. The third kappa shape index (κ3) is 21.9. The summed E-state index contributed by atoms with van der Waals surface area (Å²) in [5.74, 6) is 1.47. The first-order chi connectivity index (χ1) is 25.9. The minimum absolute atomic E-state index is 0. The van der Waals surface area contributed by atoms with Gasteiger partial charge < -0.3 is 0 Å². The molecular weight excluding hydrogens is 721 g/mol. The van der Waals surface area contributed by atoms with E-state index in [-0.39, 0.29) is 29.6 Å². The topological polar surface area (TPSA) is 77.4 Å². The molecule has 2 N–H and O–H groups in total. The predicted octanol–water partition coefficient (Wildman–Crippen LogP) is 14.1. The molecular formula is C45H73NaO6P2. The second-order valence-electron chi connectivity index (χ2n) is 14.7. The maximum absolute atomic E-state index is 10.2. The van der Waals surface area contributed by atoms with Gasteiger partial charge in [0, 0.05) is 0 Å². The molecule has 0 radical (unpaired) electrons. The summed E-state index contributed by atoms with van der Waals surface area (Å²) >= 11 is 0. The van der Waals surface area contributed by atoms with Crippen molar-refractivity contribution in [1.29, 1.82) is 0 Å². The number of benzene rings is 3. The van der Waals surface area contributed by atoms with Crippen molar-refractivity contribution in [2.24, 2.45) is 0 Å². The summed E-state index contributed by atoms with van der Waals surface area (Å²) in [4.78, 5) is 20.4. The van der Waals surface area contributed by atoms with Gasteiger partial charge in [0.1, 0.15) is 0 Å². The van der Waals surface area contributed by atoms with E-state index in [4.69, 9.17) is 17.9 Å². The second-order valence-corrected chi connectivity index (χ2v) is 17.5. The van der Waals surface area contributed by atoms with E-state index in [0.717, 1.165) is 38.5 Å². The molecule has 54 heavy (non-hydrogen) atoms. The van der Waals surface area contributed by atoms with Crippen molar-refractivity contribution in [2.45, 2.75) is 175 Å². The summed E-state index contributed by atoms with van der Waals surface area (Å²) in [6.07, 6.45) is 29.8. The SMILES string of the molecule is CCCCCCCCCc1ccc(O[PH](Oc2ccc(CCCCCCCCC)cc2)(Oc2ccc(CCCCCCCCC)cc2)OP(O)O)cc1.[NaH]. The Morgan fingerprint density at radius 2 is 0.630 bits per heavy atom. The van der Waals surface area contributed by atoms with Crippen LogP contribution < -0.4 is 13.6 Å². The Morgan fingerprint density at radius 1 is 0.389 bits per heavy atom. The van der Waals surface area contributed by atoms with E-state index in [2.05, 4.69) is 57.2 Å². The van der Waals surface area contributed by atoms with Crippen LogP contribution in [0.25, 0.3) is 0 Å². The monoisotopic (exact) mass is 794 g/mol. The average molecular weight is 795 g/mol. The zero-order valence-corrected chi connectivity index (χ0v) is 35.3. The van der Waals surface area contributed by atoms with E-state index in [9.17, 15) is 9.79 Å². The molecule has 3 aromatic rings. The van der Waals surface area contributed by atoms with Crippen LogP contribution in [0.1, 0.15) is 172 Å². The first-order valence-electron chi connectivity index (χ1n) is 21.2. The summed E-state index contributed by atoms with van der Waals surface area (Å²) in [7, 11) is -7.10. The van der Waals surface area contributed by atoms with Crippen molar-refractivity contribution in [3.05, 3.63) is 89.5 Å². The summed E-state index contributed by atoms with van der Waals surface area (Å²) < 4.78 is 25.0. The molecule has 0 aliphatic heterocycles. The number of hydrogen-bond acceptors (Lipinski definition) is 6. The zero-order valence-electron chi connectivity index (χ0n) is 33.4. The van der Waals surface area contributed by atoms with Crippen LogP contribution in [-0.2, 0) is 23.6 Å². The van der Waals surface area contributed by atoms with Gasteiger partial charge in [0.25, 0.3) is 0 Å². The van der Waals surface area contributed by atoms with Crippen LogP contribution in [0.15, 0.2) is 72.8 Å². The van der Waals surface area contributed by atoms with Crippen molar-refractivity contribution in [3.8, 4) is 17.2 Å². The molecule has 0 aliphatic carbocycles. The van der Waals surface area contributed by atoms with Crippen LogP contribution in [0.3, 0.4) is 0 Å². The molecule has 9 heteroatoms. The van der Waals surface area contributed by atoms with Gasteiger partial charge in [0.2, 0.25) is 0 Å². The second kappa shape index (κ2) is 30.9. The average Bonchev–Trinajstić information content (AvgIpc) is 3.15. The fraction of sp³-hybridized carbons (Fsp3) is 0.600. The standard InChI is InChI=1S/C45H72O6P2.Na.H/c1-4-7-10-13-16-19-22-25-40-28-34-43(35-29-40)48-53(51-52(46)47,49-44-36-30-41(31-37-44)26-23-20-17-14-11-8-5-2)50-45-38-32-42(33-39-45)27-24-21-18-15-12-9-6-3;;/h28-39,46-47,53H,4-27H2,1-3H3;;. The molecule has 3 aromatic carbocycles. The molecule has 0 aliphatic rings. The first kappa shape index (κ1) is 48.9. The molecule has 0 spiro atoms. The molecule has 0 saturated carbocycles. The van der Waals surface area contributed by atoms with Crippen LogP contribution in [0, 0.1) is 0 Å². The quantitative estimate of drug-likeness (QED) is 0.0372. The van der Waals surface area contributed by atoms with E-state index in [1.54, 1.807) is 0 Å². The van der Waals surface area contributed by atoms with Crippen LogP contribution in [0.5, 0.6) is 17.2 Å². The van der Waals surface area contributed by atoms with Crippen molar-refractivity contribution in [3.63, 3.8) is 0 Å². The molecule has 3 rings (SSSR count). The molecule has 0 fully saturated rings. The fourth-order valence-electron chi connectivity index (χ4n) is 6.68. The van der Waals surface area contributed by atoms with Crippen molar-refractivity contribution < 1.29 is 27.7 Å². The van der Waals surface area contributed by atoms with Crippen LogP contribution >= 0.6 is 16.8 Å². The molecule has 0 saturated heterocycles. The Balaban J connectivity index is 0.0000101. The predicted molar refractivity (Wildman–Crippen MR) is 234 cm³/mol. The summed E-state index contributed by atoms with van der Waals surface area (Å²) in [6.45, 7) is 6.76. The van der Waals surface area contributed by atoms with E-state index in [0.29, 0.717) is 17.2 Å². The molecule has 0 heterocycles. The molecule has 300 valence electrons. The van der Waals surface area contributed by atoms with E-state index < -0.39 is 16.8 Å². The van der Waals surface area contributed by atoms with Crippen LogP contribution in [0.2, 0.25) is 0 Å². The van der Waals surface area contributed by atoms with Crippen molar-refractivity contribution >= 4 is 46.3 Å². The number of hydrogen-bond donors (Lipinski definition) is 2. The fourth-order valence-corrected chi connectivity index (χ4v) is 9.33. The van der Waals surface area contributed by atoms with Gasteiger partial charge in [-0.05, 0) is 0 Å². The Bertz CT molecular complexity index is 1150.